The lowest BCUT2D eigenvalue weighted by Crippen LogP contribution is -2.27. The lowest BCUT2D eigenvalue weighted by atomic mass is 9.69. The molecule has 3 fully saturated rings. The molecule has 0 N–H and O–H groups in total. The Kier molecular flexibility index (Phi) is 9.09. The highest BCUT2D eigenvalue weighted by molar-refractivity contribution is 5.30. The Morgan fingerprint density at radius 2 is 1.41 bits per heavy atom. The molecule has 2 heteroatoms. The zero-order valence-electron chi connectivity index (χ0n) is 20.8. The van der Waals surface area contributed by atoms with E-state index in [0.717, 1.165) is 23.3 Å². The SMILES string of the molecule is CCCCCC1CCC(c2ccc(C3CCC(C4CCC(OC)CC4)CC3)cc2F)CC1. The Labute approximate surface area is 196 Å². The fourth-order valence-corrected chi connectivity index (χ4v) is 7.29. The Morgan fingerprint density at radius 1 is 0.781 bits per heavy atom. The summed E-state index contributed by atoms with van der Waals surface area (Å²) in [5, 5.41) is 0. The van der Waals surface area contributed by atoms with Gasteiger partial charge in [-0.15, -0.1) is 0 Å². The van der Waals surface area contributed by atoms with Crippen molar-refractivity contribution in [1.82, 2.24) is 0 Å². The van der Waals surface area contributed by atoms with E-state index in [2.05, 4.69) is 19.1 Å². The van der Waals surface area contributed by atoms with Gasteiger partial charge in [-0.2, -0.15) is 0 Å². The zero-order chi connectivity index (χ0) is 22.3. The summed E-state index contributed by atoms with van der Waals surface area (Å²) in [4.78, 5) is 0. The van der Waals surface area contributed by atoms with E-state index in [1.807, 2.05) is 13.2 Å². The molecule has 3 aliphatic rings. The van der Waals surface area contributed by atoms with Crippen molar-refractivity contribution >= 4 is 0 Å². The van der Waals surface area contributed by atoms with Crippen LogP contribution < -0.4 is 0 Å². The summed E-state index contributed by atoms with van der Waals surface area (Å²) < 4.78 is 20.7. The zero-order valence-corrected chi connectivity index (χ0v) is 20.8. The topological polar surface area (TPSA) is 9.23 Å². The fourth-order valence-electron chi connectivity index (χ4n) is 7.29. The molecule has 1 aromatic rings. The van der Waals surface area contributed by atoms with E-state index in [-0.39, 0.29) is 5.82 Å². The number of halogens is 1. The molecule has 0 atom stereocenters. The van der Waals surface area contributed by atoms with Crippen LogP contribution in [0.3, 0.4) is 0 Å². The smallest absolute Gasteiger partial charge is 0.126 e. The van der Waals surface area contributed by atoms with Crippen LogP contribution in [0.5, 0.6) is 0 Å². The van der Waals surface area contributed by atoms with E-state index >= 15 is 4.39 Å². The Balaban J connectivity index is 1.25. The van der Waals surface area contributed by atoms with E-state index in [9.17, 15) is 0 Å². The molecule has 4 rings (SSSR count). The van der Waals surface area contributed by atoms with E-state index in [0.29, 0.717) is 17.9 Å². The largest absolute Gasteiger partial charge is 0.381 e. The molecule has 0 bridgehead atoms. The van der Waals surface area contributed by atoms with Crippen molar-refractivity contribution < 1.29 is 9.13 Å². The van der Waals surface area contributed by atoms with Gasteiger partial charge in [0.2, 0.25) is 0 Å². The molecule has 0 aromatic heterocycles. The van der Waals surface area contributed by atoms with Gasteiger partial charge < -0.3 is 4.74 Å². The maximum absolute atomic E-state index is 15.2. The van der Waals surface area contributed by atoms with E-state index in [4.69, 9.17) is 4.74 Å². The quantitative estimate of drug-likeness (QED) is 0.365. The second kappa shape index (κ2) is 12.0. The van der Waals surface area contributed by atoms with Crippen molar-refractivity contribution in [1.29, 1.82) is 0 Å². The number of hydrogen-bond donors (Lipinski definition) is 0. The summed E-state index contributed by atoms with van der Waals surface area (Å²) in [6.07, 6.45) is 21.2. The van der Waals surface area contributed by atoms with Crippen molar-refractivity contribution in [3.63, 3.8) is 0 Å². The average molecular weight is 443 g/mol. The maximum Gasteiger partial charge on any atom is 0.126 e. The highest BCUT2D eigenvalue weighted by Gasteiger charge is 2.32. The van der Waals surface area contributed by atoms with Gasteiger partial charge in [-0.25, -0.2) is 4.39 Å². The second-order valence-corrected chi connectivity index (χ2v) is 11.4. The standard InChI is InChI=1S/C30H47FO/c1-3-4-5-6-22-7-9-26(10-8-22)29-20-17-27(21-30(29)31)25-13-11-23(12-14-25)24-15-18-28(32-2)19-16-24/h17,20-26,28H,3-16,18-19H2,1-2H3. The predicted octanol–water partition coefficient (Wildman–Crippen LogP) is 9.16. The van der Waals surface area contributed by atoms with Gasteiger partial charge in [0.1, 0.15) is 5.82 Å². The normalized spacial score (nSPS) is 33.8. The van der Waals surface area contributed by atoms with Crippen molar-refractivity contribution in [2.24, 2.45) is 17.8 Å². The molecule has 0 spiro atoms. The van der Waals surface area contributed by atoms with Crippen LogP contribution in [0.25, 0.3) is 0 Å². The minimum atomic E-state index is 0.0805. The van der Waals surface area contributed by atoms with Crippen LogP contribution in [0.2, 0.25) is 0 Å². The lowest BCUT2D eigenvalue weighted by molar-refractivity contribution is 0.0410. The van der Waals surface area contributed by atoms with Gasteiger partial charge in [-0.05, 0) is 124 Å². The molecule has 0 heterocycles. The van der Waals surface area contributed by atoms with E-state index < -0.39 is 0 Å². The third-order valence-electron chi connectivity index (χ3n) is 9.49. The molecule has 0 saturated heterocycles. The molecule has 32 heavy (non-hydrogen) atoms. The van der Waals surface area contributed by atoms with Gasteiger partial charge in [0, 0.05) is 7.11 Å². The molecule has 0 radical (unpaired) electrons. The third-order valence-corrected chi connectivity index (χ3v) is 9.49. The van der Waals surface area contributed by atoms with Crippen LogP contribution in [0.4, 0.5) is 4.39 Å². The summed E-state index contributed by atoms with van der Waals surface area (Å²) in [5.74, 6) is 3.78. The molecule has 0 aliphatic heterocycles. The number of methoxy groups -OCH3 is 1. The predicted molar refractivity (Wildman–Crippen MR) is 133 cm³/mol. The molecule has 3 aliphatic carbocycles. The molecule has 0 amide bonds. The summed E-state index contributed by atoms with van der Waals surface area (Å²) in [7, 11) is 1.86. The Morgan fingerprint density at radius 3 is 2.00 bits per heavy atom. The first-order valence-electron chi connectivity index (χ1n) is 14.0. The van der Waals surface area contributed by atoms with Crippen LogP contribution in [0, 0.1) is 23.6 Å². The minimum Gasteiger partial charge on any atom is -0.381 e. The first-order valence-corrected chi connectivity index (χ1v) is 14.0. The second-order valence-electron chi connectivity index (χ2n) is 11.4. The van der Waals surface area contributed by atoms with Gasteiger partial charge >= 0.3 is 0 Å². The van der Waals surface area contributed by atoms with E-state index in [1.54, 1.807) is 0 Å². The molecule has 3 saturated carbocycles. The molecular weight excluding hydrogens is 395 g/mol. The first kappa shape index (κ1) is 24.2. The Bertz CT molecular complexity index is 676. The Hall–Kier alpha value is -0.890. The third kappa shape index (κ3) is 6.16. The summed E-state index contributed by atoms with van der Waals surface area (Å²) in [5.41, 5.74) is 2.27. The fraction of sp³-hybridized carbons (Fsp3) is 0.800. The highest BCUT2D eigenvalue weighted by atomic mass is 19.1. The summed E-state index contributed by atoms with van der Waals surface area (Å²) in [6.45, 7) is 2.28. The van der Waals surface area contributed by atoms with Gasteiger partial charge in [0.25, 0.3) is 0 Å². The highest BCUT2D eigenvalue weighted by Crippen LogP contribution is 2.44. The van der Waals surface area contributed by atoms with Crippen LogP contribution in [-0.2, 0) is 4.74 Å². The van der Waals surface area contributed by atoms with Crippen LogP contribution in [0.1, 0.15) is 133 Å². The van der Waals surface area contributed by atoms with Crippen LogP contribution in [0.15, 0.2) is 18.2 Å². The van der Waals surface area contributed by atoms with Crippen molar-refractivity contribution in [2.75, 3.05) is 7.11 Å². The molecule has 0 unspecified atom stereocenters. The number of unbranched alkanes of at least 4 members (excludes halogenated alkanes) is 2. The minimum absolute atomic E-state index is 0.0805. The number of ether oxygens (including phenoxy) is 1. The van der Waals surface area contributed by atoms with E-state index in [1.165, 1.54) is 108 Å². The molecule has 180 valence electrons. The molecule has 1 aromatic carbocycles. The van der Waals surface area contributed by atoms with Crippen LogP contribution in [-0.4, -0.2) is 13.2 Å². The summed E-state index contributed by atoms with van der Waals surface area (Å²) in [6, 6.07) is 6.35. The lowest BCUT2D eigenvalue weighted by Gasteiger charge is -2.37. The van der Waals surface area contributed by atoms with Gasteiger partial charge in [0.05, 0.1) is 6.10 Å². The van der Waals surface area contributed by atoms with Gasteiger partial charge in [-0.3, -0.25) is 0 Å². The average Bonchev–Trinajstić information content (AvgIpc) is 2.85. The number of rotatable bonds is 8. The first-order chi connectivity index (χ1) is 15.7. The van der Waals surface area contributed by atoms with Crippen molar-refractivity contribution in [3.8, 4) is 0 Å². The summed E-state index contributed by atoms with van der Waals surface area (Å²) >= 11 is 0. The monoisotopic (exact) mass is 442 g/mol. The molecular formula is C30H47FO. The van der Waals surface area contributed by atoms with Crippen molar-refractivity contribution in [3.05, 3.63) is 35.1 Å². The molecule has 1 nitrogen and oxygen atoms in total. The number of benzene rings is 1. The van der Waals surface area contributed by atoms with Crippen LogP contribution >= 0.6 is 0 Å². The van der Waals surface area contributed by atoms with Gasteiger partial charge in [0.15, 0.2) is 0 Å². The maximum atomic E-state index is 15.2. The van der Waals surface area contributed by atoms with Gasteiger partial charge in [-0.1, -0.05) is 44.7 Å². The number of hydrogen-bond acceptors (Lipinski definition) is 1. The van der Waals surface area contributed by atoms with Crippen molar-refractivity contribution in [2.45, 2.75) is 128 Å².